The van der Waals surface area contributed by atoms with E-state index in [9.17, 15) is 0 Å². The number of aromatic nitrogens is 1. The summed E-state index contributed by atoms with van der Waals surface area (Å²) < 4.78 is 5.71. The Kier molecular flexibility index (Phi) is 6.48. The first kappa shape index (κ1) is 15.5. The van der Waals surface area contributed by atoms with E-state index in [2.05, 4.69) is 30.2 Å². The SMILES string of the molecule is CCNC(CCCC1CCCO1)c1ncccc1CC. The van der Waals surface area contributed by atoms with Crippen molar-refractivity contribution in [1.82, 2.24) is 10.3 Å². The van der Waals surface area contributed by atoms with Crippen LogP contribution in [0.2, 0.25) is 0 Å². The molecule has 2 unspecified atom stereocenters. The molecule has 2 heterocycles. The number of nitrogens with zero attached hydrogens (tertiary/aromatic N) is 1. The van der Waals surface area contributed by atoms with Gasteiger partial charge in [-0.1, -0.05) is 19.9 Å². The highest BCUT2D eigenvalue weighted by atomic mass is 16.5. The molecule has 3 nitrogen and oxygen atoms in total. The summed E-state index contributed by atoms with van der Waals surface area (Å²) in [6.45, 7) is 6.32. The van der Waals surface area contributed by atoms with Gasteiger partial charge >= 0.3 is 0 Å². The molecule has 0 spiro atoms. The molecule has 3 heteroatoms. The van der Waals surface area contributed by atoms with Crippen LogP contribution in [-0.2, 0) is 11.2 Å². The summed E-state index contributed by atoms with van der Waals surface area (Å²) in [5.74, 6) is 0. The fourth-order valence-corrected chi connectivity index (χ4v) is 3.07. The number of hydrogen-bond donors (Lipinski definition) is 1. The molecular formula is C17H28N2O. The average Bonchev–Trinajstić information content (AvgIpc) is 2.99. The van der Waals surface area contributed by atoms with Gasteiger partial charge in [0.15, 0.2) is 0 Å². The Bertz CT molecular complexity index is 388. The van der Waals surface area contributed by atoms with Gasteiger partial charge in [-0.2, -0.15) is 0 Å². The van der Waals surface area contributed by atoms with Crippen LogP contribution in [-0.4, -0.2) is 24.2 Å². The molecule has 2 atom stereocenters. The molecule has 1 aliphatic heterocycles. The van der Waals surface area contributed by atoms with Crippen molar-refractivity contribution in [3.8, 4) is 0 Å². The Labute approximate surface area is 123 Å². The van der Waals surface area contributed by atoms with Gasteiger partial charge in [-0.3, -0.25) is 4.98 Å². The van der Waals surface area contributed by atoms with Crippen LogP contribution in [0.4, 0.5) is 0 Å². The van der Waals surface area contributed by atoms with E-state index in [1.54, 1.807) is 0 Å². The van der Waals surface area contributed by atoms with Crippen molar-refractivity contribution in [3.05, 3.63) is 29.6 Å². The van der Waals surface area contributed by atoms with Crippen molar-refractivity contribution < 1.29 is 4.74 Å². The normalized spacial score (nSPS) is 20.2. The maximum Gasteiger partial charge on any atom is 0.0604 e. The Balaban J connectivity index is 1.91. The Morgan fingerprint density at radius 1 is 1.45 bits per heavy atom. The summed E-state index contributed by atoms with van der Waals surface area (Å²) in [4.78, 5) is 4.63. The van der Waals surface area contributed by atoms with Crippen molar-refractivity contribution in [1.29, 1.82) is 0 Å². The fourth-order valence-electron chi connectivity index (χ4n) is 3.07. The van der Waals surface area contributed by atoms with Crippen LogP contribution in [0, 0.1) is 0 Å². The first-order valence-electron chi connectivity index (χ1n) is 8.13. The van der Waals surface area contributed by atoms with Crippen molar-refractivity contribution in [2.75, 3.05) is 13.2 Å². The summed E-state index contributed by atoms with van der Waals surface area (Å²) in [6, 6.07) is 4.63. The van der Waals surface area contributed by atoms with Gasteiger partial charge in [-0.25, -0.2) is 0 Å². The lowest BCUT2D eigenvalue weighted by atomic mass is 9.98. The molecule has 0 amide bonds. The average molecular weight is 276 g/mol. The third-order valence-corrected chi connectivity index (χ3v) is 4.13. The smallest absolute Gasteiger partial charge is 0.0604 e. The predicted octanol–water partition coefficient (Wildman–Crippen LogP) is 3.64. The van der Waals surface area contributed by atoms with Gasteiger partial charge in [0.05, 0.1) is 11.8 Å². The summed E-state index contributed by atoms with van der Waals surface area (Å²) in [7, 11) is 0. The van der Waals surface area contributed by atoms with Crippen LogP contribution in [0.5, 0.6) is 0 Å². The molecule has 112 valence electrons. The van der Waals surface area contributed by atoms with Crippen molar-refractivity contribution >= 4 is 0 Å². The number of nitrogens with one attached hydrogen (secondary N) is 1. The first-order valence-corrected chi connectivity index (χ1v) is 8.13. The lowest BCUT2D eigenvalue weighted by molar-refractivity contribution is 0.101. The fraction of sp³-hybridized carbons (Fsp3) is 0.706. The first-order chi connectivity index (χ1) is 9.85. The molecule has 1 saturated heterocycles. The van der Waals surface area contributed by atoms with E-state index in [1.165, 1.54) is 36.9 Å². The van der Waals surface area contributed by atoms with Crippen LogP contribution in [0.15, 0.2) is 18.3 Å². The van der Waals surface area contributed by atoms with Crippen LogP contribution in [0.25, 0.3) is 0 Å². The molecule has 0 radical (unpaired) electrons. The van der Waals surface area contributed by atoms with Gasteiger partial charge in [-0.05, 0) is 56.7 Å². The van der Waals surface area contributed by atoms with Gasteiger partial charge in [0, 0.05) is 18.8 Å². The third-order valence-electron chi connectivity index (χ3n) is 4.13. The van der Waals surface area contributed by atoms with E-state index < -0.39 is 0 Å². The van der Waals surface area contributed by atoms with E-state index in [4.69, 9.17) is 4.74 Å². The highest BCUT2D eigenvalue weighted by Crippen LogP contribution is 2.24. The zero-order chi connectivity index (χ0) is 14.2. The number of aryl methyl sites for hydroxylation is 1. The minimum atomic E-state index is 0.387. The van der Waals surface area contributed by atoms with Gasteiger partial charge < -0.3 is 10.1 Å². The molecule has 0 bridgehead atoms. The zero-order valence-electron chi connectivity index (χ0n) is 12.9. The molecule has 1 fully saturated rings. The summed E-state index contributed by atoms with van der Waals surface area (Å²) in [5.41, 5.74) is 2.61. The lowest BCUT2D eigenvalue weighted by Crippen LogP contribution is -2.23. The highest BCUT2D eigenvalue weighted by molar-refractivity contribution is 5.22. The molecule has 1 aliphatic rings. The van der Waals surface area contributed by atoms with E-state index >= 15 is 0 Å². The maximum atomic E-state index is 5.71. The minimum absolute atomic E-state index is 0.387. The summed E-state index contributed by atoms with van der Waals surface area (Å²) >= 11 is 0. The second kappa shape index (κ2) is 8.38. The summed E-state index contributed by atoms with van der Waals surface area (Å²) in [5, 5.41) is 3.60. The standard InChI is InChI=1S/C17H28N2O/c1-3-14-8-6-12-19-17(14)16(18-4-2)11-5-9-15-10-7-13-20-15/h6,8,12,15-16,18H,3-5,7,9-11,13H2,1-2H3. The van der Waals surface area contributed by atoms with Gasteiger partial charge in [0.25, 0.3) is 0 Å². The highest BCUT2D eigenvalue weighted by Gasteiger charge is 2.18. The minimum Gasteiger partial charge on any atom is -0.378 e. The molecule has 1 N–H and O–H groups in total. The molecular weight excluding hydrogens is 248 g/mol. The molecule has 0 saturated carbocycles. The topological polar surface area (TPSA) is 34.1 Å². The van der Waals surface area contributed by atoms with Crippen molar-refractivity contribution in [3.63, 3.8) is 0 Å². The number of ether oxygens (including phenoxy) is 1. The van der Waals surface area contributed by atoms with Crippen LogP contribution >= 0.6 is 0 Å². The molecule has 1 aromatic heterocycles. The molecule has 1 aromatic rings. The van der Waals surface area contributed by atoms with E-state index in [-0.39, 0.29) is 0 Å². The quantitative estimate of drug-likeness (QED) is 0.787. The van der Waals surface area contributed by atoms with E-state index in [0.717, 1.165) is 26.0 Å². The monoisotopic (exact) mass is 276 g/mol. The lowest BCUT2D eigenvalue weighted by Gasteiger charge is -2.20. The Hall–Kier alpha value is -0.930. The van der Waals surface area contributed by atoms with E-state index in [1.807, 2.05) is 12.3 Å². The zero-order valence-corrected chi connectivity index (χ0v) is 12.9. The Morgan fingerprint density at radius 3 is 3.05 bits per heavy atom. The number of rotatable bonds is 8. The molecule has 0 aromatic carbocycles. The van der Waals surface area contributed by atoms with Crippen LogP contribution < -0.4 is 5.32 Å². The van der Waals surface area contributed by atoms with Gasteiger partial charge in [0.2, 0.25) is 0 Å². The maximum absolute atomic E-state index is 5.71. The van der Waals surface area contributed by atoms with Gasteiger partial charge in [0.1, 0.15) is 0 Å². The molecule has 2 rings (SSSR count). The summed E-state index contributed by atoms with van der Waals surface area (Å²) in [6.07, 6.45) is 9.51. The predicted molar refractivity (Wildman–Crippen MR) is 82.9 cm³/mol. The number of pyridine rings is 1. The number of hydrogen-bond acceptors (Lipinski definition) is 3. The second-order valence-electron chi connectivity index (χ2n) is 5.58. The Morgan fingerprint density at radius 2 is 2.35 bits per heavy atom. The second-order valence-corrected chi connectivity index (χ2v) is 5.58. The molecule has 20 heavy (non-hydrogen) atoms. The van der Waals surface area contributed by atoms with Crippen molar-refractivity contribution in [2.45, 2.75) is 64.5 Å². The van der Waals surface area contributed by atoms with Crippen LogP contribution in [0.1, 0.15) is 63.3 Å². The van der Waals surface area contributed by atoms with Crippen LogP contribution in [0.3, 0.4) is 0 Å². The van der Waals surface area contributed by atoms with E-state index in [0.29, 0.717) is 12.1 Å². The van der Waals surface area contributed by atoms with Gasteiger partial charge in [-0.15, -0.1) is 0 Å². The van der Waals surface area contributed by atoms with Crippen molar-refractivity contribution in [2.24, 2.45) is 0 Å². The third kappa shape index (κ3) is 4.29. The molecule has 0 aliphatic carbocycles. The largest absolute Gasteiger partial charge is 0.378 e.